The molecule has 3 aromatic heterocycles. The first-order chi connectivity index (χ1) is 11.7. The van der Waals surface area contributed by atoms with Gasteiger partial charge in [0, 0.05) is 15.8 Å². The molecule has 3 heterocycles. The number of aromatic nitrogens is 5. The van der Waals surface area contributed by atoms with Gasteiger partial charge >= 0.3 is 5.69 Å². The van der Waals surface area contributed by atoms with Crippen LogP contribution in [0.3, 0.4) is 0 Å². The third-order valence-electron chi connectivity index (χ3n) is 3.85. The third-order valence-corrected chi connectivity index (χ3v) is 4.28. The highest BCUT2D eigenvalue weighted by atomic mass is 79.9. The summed E-state index contributed by atoms with van der Waals surface area (Å²) in [7, 11) is 1.62. The Bertz CT molecular complexity index is 1100. The van der Waals surface area contributed by atoms with Gasteiger partial charge < -0.3 is 4.74 Å². The van der Waals surface area contributed by atoms with Gasteiger partial charge in [-0.15, -0.1) is 0 Å². The Kier molecular flexibility index (Phi) is 3.53. The van der Waals surface area contributed by atoms with E-state index in [0.717, 1.165) is 21.3 Å². The number of nitrogens with one attached hydrogen (secondary N) is 1. The van der Waals surface area contributed by atoms with Crippen molar-refractivity contribution in [3.8, 4) is 5.75 Å². The molecule has 120 valence electrons. The Hall–Kier alpha value is -2.74. The van der Waals surface area contributed by atoms with E-state index >= 15 is 0 Å². The molecule has 24 heavy (non-hydrogen) atoms. The second-order valence-electron chi connectivity index (χ2n) is 5.29. The van der Waals surface area contributed by atoms with Crippen LogP contribution in [-0.2, 0) is 6.54 Å². The molecule has 0 saturated heterocycles. The molecule has 4 aromatic rings. The lowest BCUT2D eigenvalue weighted by Gasteiger charge is -2.09. The van der Waals surface area contributed by atoms with Gasteiger partial charge in [0.05, 0.1) is 19.2 Å². The lowest BCUT2D eigenvalue weighted by molar-refractivity contribution is -0.345. The number of halogens is 1. The number of H-pyrrole nitrogens is 1. The summed E-state index contributed by atoms with van der Waals surface area (Å²) in [6.07, 6.45) is 3.18. The zero-order chi connectivity index (χ0) is 16.7. The summed E-state index contributed by atoms with van der Waals surface area (Å²) in [5, 5.41) is 4.08. The molecule has 0 bridgehead atoms. The van der Waals surface area contributed by atoms with Crippen LogP contribution in [0.5, 0.6) is 5.75 Å². The maximum atomic E-state index is 12.8. The minimum Gasteiger partial charge on any atom is -0.497 e. The highest BCUT2D eigenvalue weighted by Crippen LogP contribution is 2.19. The minimum atomic E-state index is -0.227. The van der Waals surface area contributed by atoms with Crippen molar-refractivity contribution in [3.63, 3.8) is 0 Å². The van der Waals surface area contributed by atoms with Crippen molar-refractivity contribution in [1.82, 2.24) is 19.2 Å². The molecule has 7 nitrogen and oxygen atoms in total. The summed E-state index contributed by atoms with van der Waals surface area (Å²) in [6, 6.07) is 9.49. The van der Waals surface area contributed by atoms with Gasteiger partial charge in [-0.25, -0.2) is 14.8 Å². The Labute approximate surface area is 144 Å². The van der Waals surface area contributed by atoms with Gasteiger partial charge in [0.15, 0.2) is 5.52 Å². The van der Waals surface area contributed by atoms with Gasteiger partial charge in [0.1, 0.15) is 5.75 Å². The van der Waals surface area contributed by atoms with Crippen LogP contribution in [-0.4, -0.2) is 26.3 Å². The maximum Gasteiger partial charge on any atom is 0.423 e. The zero-order valence-corrected chi connectivity index (χ0v) is 14.3. The number of hydrogen-bond donors (Lipinski definition) is 0. The van der Waals surface area contributed by atoms with Crippen LogP contribution in [0, 0.1) is 0 Å². The van der Waals surface area contributed by atoms with E-state index in [4.69, 9.17) is 4.74 Å². The van der Waals surface area contributed by atoms with Gasteiger partial charge in [0.2, 0.25) is 0 Å². The molecular weight excluding hydrogens is 374 g/mol. The molecular formula is C16H13BrN5O2+. The largest absolute Gasteiger partial charge is 0.497 e. The Morgan fingerprint density at radius 1 is 1.29 bits per heavy atom. The summed E-state index contributed by atoms with van der Waals surface area (Å²) in [5.41, 5.74) is 2.75. The average molecular weight is 387 g/mol. The summed E-state index contributed by atoms with van der Waals surface area (Å²) in [4.78, 5) is 20.2. The second-order valence-corrected chi connectivity index (χ2v) is 6.20. The van der Waals surface area contributed by atoms with Gasteiger partial charge in [0.25, 0.3) is 12.0 Å². The number of methoxy groups -OCH3 is 1. The average Bonchev–Trinajstić information content (AvgIpc) is 3.09. The van der Waals surface area contributed by atoms with Crippen molar-refractivity contribution >= 4 is 32.6 Å². The molecule has 0 unspecified atom stereocenters. The summed E-state index contributed by atoms with van der Waals surface area (Å²) >= 11 is 3.42. The maximum absolute atomic E-state index is 12.8. The van der Waals surface area contributed by atoms with E-state index in [-0.39, 0.29) is 5.69 Å². The van der Waals surface area contributed by atoms with E-state index in [2.05, 4.69) is 31.0 Å². The van der Waals surface area contributed by atoms with E-state index < -0.39 is 0 Å². The van der Waals surface area contributed by atoms with E-state index in [1.54, 1.807) is 17.9 Å². The standard InChI is InChI=1S/C16H12BrN5O2/c1-24-12-4-2-10(3-5-12)8-21-13-6-11(17)7-18-14(13)15-19-9-20-22(15)16(21)23/h2-7,9H,8H2,1H3/p+1. The highest BCUT2D eigenvalue weighted by molar-refractivity contribution is 9.10. The monoisotopic (exact) mass is 386 g/mol. The van der Waals surface area contributed by atoms with Crippen molar-refractivity contribution in [2.75, 3.05) is 7.11 Å². The summed E-state index contributed by atoms with van der Waals surface area (Å²) in [6.45, 7) is 0.410. The Morgan fingerprint density at radius 3 is 2.83 bits per heavy atom. The number of pyridine rings is 1. The molecule has 0 amide bonds. The molecule has 0 spiro atoms. The molecule has 0 saturated carbocycles. The number of fused-ring (bicyclic) bond motifs is 3. The molecule has 0 fully saturated rings. The van der Waals surface area contributed by atoms with Crippen LogP contribution in [0.1, 0.15) is 5.56 Å². The fourth-order valence-electron chi connectivity index (χ4n) is 2.68. The van der Waals surface area contributed by atoms with Gasteiger partial charge in [-0.05, 0) is 44.2 Å². The molecule has 4 rings (SSSR count). The molecule has 0 aliphatic carbocycles. The molecule has 1 N–H and O–H groups in total. The van der Waals surface area contributed by atoms with Crippen molar-refractivity contribution in [1.29, 1.82) is 0 Å². The van der Waals surface area contributed by atoms with Gasteiger partial charge in [-0.2, -0.15) is 0 Å². The molecule has 0 aliphatic heterocycles. The number of nitrogens with zero attached hydrogens (tertiary/aromatic N) is 4. The summed E-state index contributed by atoms with van der Waals surface area (Å²) in [5.74, 6) is 0.775. The molecule has 0 radical (unpaired) electrons. The Morgan fingerprint density at radius 2 is 2.08 bits per heavy atom. The lowest BCUT2D eigenvalue weighted by Crippen LogP contribution is -2.29. The van der Waals surface area contributed by atoms with Crippen LogP contribution in [0.15, 0.2) is 52.1 Å². The SMILES string of the molecule is COc1ccc(Cn2c(=O)n3nc[nH+]c3c3ncc(Br)cc32)cc1. The van der Waals surface area contributed by atoms with Crippen LogP contribution in [0.25, 0.3) is 16.7 Å². The van der Waals surface area contributed by atoms with Gasteiger partial charge in [-0.1, -0.05) is 12.1 Å². The number of rotatable bonds is 3. The van der Waals surface area contributed by atoms with E-state index in [0.29, 0.717) is 17.7 Å². The number of ether oxygens (including phenoxy) is 1. The van der Waals surface area contributed by atoms with Crippen LogP contribution in [0.4, 0.5) is 0 Å². The normalized spacial score (nSPS) is 11.2. The highest BCUT2D eigenvalue weighted by Gasteiger charge is 2.19. The van der Waals surface area contributed by atoms with E-state index in [1.165, 1.54) is 10.8 Å². The first kappa shape index (κ1) is 14.8. The lowest BCUT2D eigenvalue weighted by atomic mass is 10.2. The first-order valence-electron chi connectivity index (χ1n) is 7.24. The molecule has 8 heteroatoms. The number of aromatic amines is 1. The second kappa shape index (κ2) is 5.72. The fourth-order valence-corrected chi connectivity index (χ4v) is 3.00. The quantitative estimate of drug-likeness (QED) is 0.536. The van der Waals surface area contributed by atoms with Gasteiger partial charge in [-0.3, -0.25) is 4.57 Å². The number of hydrogen-bond acceptors (Lipinski definition) is 4. The first-order valence-corrected chi connectivity index (χ1v) is 8.03. The van der Waals surface area contributed by atoms with Crippen molar-refractivity contribution in [3.05, 3.63) is 63.4 Å². The topological polar surface area (TPSA) is 75.6 Å². The van der Waals surface area contributed by atoms with Crippen LogP contribution >= 0.6 is 15.9 Å². The van der Waals surface area contributed by atoms with Crippen molar-refractivity contribution in [2.45, 2.75) is 6.54 Å². The Balaban J connectivity index is 1.95. The predicted molar refractivity (Wildman–Crippen MR) is 91.1 cm³/mol. The fraction of sp³-hybridized carbons (Fsp3) is 0.125. The third kappa shape index (κ3) is 2.35. The number of benzene rings is 1. The van der Waals surface area contributed by atoms with Crippen LogP contribution < -0.4 is 15.4 Å². The molecule has 0 aliphatic rings. The molecule has 1 aromatic carbocycles. The smallest absolute Gasteiger partial charge is 0.423 e. The summed E-state index contributed by atoms with van der Waals surface area (Å²) < 4.78 is 8.96. The minimum absolute atomic E-state index is 0.227. The predicted octanol–water partition coefficient (Wildman–Crippen LogP) is 1.68. The van der Waals surface area contributed by atoms with E-state index in [1.807, 2.05) is 30.3 Å². The van der Waals surface area contributed by atoms with E-state index in [9.17, 15) is 4.79 Å². The van der Waals surface area contributed by atoms with Crippen LogP contribution in [0.2, 0.25) is 0 Å². The van der Waals surface area contributed by atoms with Crippen molar-refractivity contribution < 1.29 is 9.72 Å². The van der Waals surface area contributed by atoms with Crippen molar-refractivity contribution in [2.24, 2.45) is 0 Å². The molecule has 0 atom stereocenters. The zero-order valence-electron chi connectivity index (χ0n) is 12.7.